The third-order valence-electron chi connectivity index (χ3n) is 3.63. The number of allylic oxidation sites excluding steroid dienone is 1. The van der Waals surface area contributed by atoms with E-state index < -0.39 is 0 Å². The molecule has 6 nitrogen and oxygen atoms in total. The van der Waals surface area contributed by atoms with Crippen molar-refractivity contribution in [3.63, 3.8) is 0 Å². The second-order valence-electron chi connectivity index (χ2n) is 5.41. The number of nitrogen functional groups attached to an aromatic ring is 1. The zero-order valence-corrected chi connectivity index (χ0v) is 13.9. The highest BCUT2D eigenvalue weighted by Gasteiger charge is 2.11. The minimum Gasteiger partial charge on any atom is -0.489 e. The summed E-state index contributed by atoms with van der Waals surface area (Å²) in [5, 5.41) is 3.73. The van der Waals surface area contributed by atoms with Gasteiger partial charge in [-0.3, -0.25) is 4.79 Å². The van der Waals surface area contributed by atoms with Gasteiger partial charge in [0.15, 0.2) is 0 Å². The van der Waals surface area contributed by atoms with Gasteiger partial charge in [0, 0.05) is 17.6 Å². The molecule has 0 saturated carbocycles. The van der Waals surface area contributed by atoms with E-state index in [9.17, 15) is 4.79 Å². The van der Waals surface area contributed by atoms with Gasteiger partial charge in [-0.15, -0.1) is 0 Å². The van der Waals surface area contributed by atoms with Crippen molar-refractivity contribution >= 4 is 22.7 Å². The number of aromatic nitrogens is 1. The van der Waals surface area contributed by atoms with E-state index in [4.69, 9.17) is 14.9 Å². The third kappa shape index (κ3) is 3.98. The van der Waals surface area contributed by atoms with Gasteiger partial charge in [-0.25, -0.2) is 4.98 Å². The van der Waals surface area contributed by atoms with Crippen molar-refractivity contribution in [3.8, 4) is 5.75 Å². The van der Waals surface area contributed by atoms with E-state index in [1.54, 1.807) is 18.3 Å². The lowest BCUT2D eigenvalue weighted by Crippen LogP contribution is -2.23. The predicted octanol–water partition coefficient (Wildman–Crippen LogP) is 3.29. The predicted molar refractivity (Wildman–Crippen MR) is 96.3 cm³/mol. The van der Waals surface area contributed by atoms with Gasteiger partial charge < -0.3 is 20.2 Å². The second-order valence-corrected chi connectivity index (χ2v) is 5.41. The Hall–Kier alpha value is -3.28. The van der Waals surface area contributed by atoms with E-state index >= 15 is 0 Å². The molecule has 0 unspecified atom stereocenters. The van der Waals surface area contributed by atoms with Crippen LogP contribution in [0.3, 0.4) is 0 Å². The maximum Gasteiger partial charge on any atom is 0.255 e. The quantitative estimate of drug-likeness (QED) is 0.674. The fraction of sp³-hybridized carbons (Fsp3) is 0.158. The molecular weight excluding hydrogens is 318 g/mol. The molecule has 0 spiro atoms. The topological polar surface area (TPSA) is 90.4 Å². The zero-order valence-electron chi connectivity index (χ0n) is 13.9. The first kappa shape index (κ1) is 16.6. The summed E-state index contributed by atoms with van der Waals surface area (Å²) in [5.41, 5.74) is 6.76. The van der Waals surface area contributed by atoms with Crippen LogP contribution in [-0.2, 0) is 6.54 Å². The fourth-order valence-corrected chi connectivity index (χ4v) is 2.36. The molecule has 3 aromatic rings. The third-order valence-corrected chi connectivity index (χ3v) is 3.63. The highest BCUT2D eigenvalue weighted by Crippen LogP contribution is 2.24. The van der Waals surface area contributed by atoms with Crippen molar-refractivity contribution in [1.82, 2.24) is 10.3 Å². The highest BCUT2D eigenvalue weighted by molar-refractivity contribution is 5.98. The largest absolute Gasteiger partial charge is 0.489 e. The Kier molecular flexibility index (Phi) is 4.99. The lowest BCUT2D eigenvalue weighted by Gasteiger charge is -2.04. The molecule has 0 bridgehead atoms. The number of rotatable bonds is 6. The minimum atomic E-state index is -0.290. The van der Waals surface area contributed by atoms with Crippen molar-refractivity contribution in [3.05, 3.63) is 66.1 Å². The molecule has 0 fully saturated rings. The van der Waals surface area contributed by atoms with Crippen LogP contribution in [0.5, 0.6) is 5.75 Å². The van der Waals surface area contributed by atoms with E-state index in [2.05, 4.69) is 10.3 Å². The average Bonchev–Trinajstić information content (AvgIpc) is 3.02. The van der Waals surface area contributed by atoms with Crippen molar-refractivity contribution in [2.24, 2.45) is 0 Å². The van der Waals surface area contributed by atoms with E-state index in [0.29, 0.717) is 23.5 Å². The number of nitrogens with one attached hydrogen (secondary N) is 1. The van der Waals surface area contributed by atoms with Gasteiger partial charge in [0.05, 0.1) is 12.1 Å². The molecule has 25 heavy (non-hydrogen) atoms. The maximum atomic E-state index is 12.2. The van der Waals surface area contributed by atoms with Crippen LogP contribution < -0.4 is 15.8 Å². The Bertz CT molecular complexity index is 915. The Morgan fingerprint density at radius 1 is 1.36 bits per heavy atom. The molecule has 1 amide bonds. The van der Waals surface area contributed by atoms with Crippen LogP contribution in [-0.4, -0.2) is 17.5 Å². The summed E-state index contributed by atoms with van der Waals surface area (Å²) in [6.07, 6.45) is 5.40. The van der Waals surface area contributed by atoms with Gasteiger partial charge in [0.2, 0.25) is 0 Å². The smallest absolute Gasteiger partial charge is 0.255 e. The van der Waals surface area contributed by atoms with Crippen LogP contribution in [0.15, 0.2) is 59.2 Å². The van der Waals surface area contributed by atoms with E-state index in [-0.39, 0.29) is 18.3 Å². The first-order valence-corrected chi connectivity index (χ1v) is 7.92. The van der Waals surface area contributed by atoms with Crippen molar-refractivity contribution in [2.75, 3.05) is 12.3 Å². The van der Waals surface area contributed by atoms with Gasteiger partial charge in [-0.05, 0) is 37.3 Å². The number of pyridine rings is 1. The SMILES string of the molecule is CC=CCOc1ccc2cc(CNC(=O)c3cccnc3N)oc2c1. The van der Waals surface area contributed by atoms with Crippen molar-refractivity contribution in [2.45, 2.75) is 13.5 Å². The van der Waals surface area contributed by atoms with Crippen LogP contribution >= 0.6 is 0 Å². The standard InChI is InChI=1S/C19H19N3O3/c1-2-3-9-24-14-7-6-13-10-15(25-17(13)11-14)12-22-19(23)16-5-4-8-21-18(16)20/h2-8,10-11H,9,12H2,1H3,(H2,20,21)(H,22,23). The van der Waals surface area contributed by atoms with Crippen LogP contribution in [0.2, 0.25) is 0 Å². The zero-order chi connectivity index (χ0) is 17.6. The number of furan rings is 1. The van der Waals surface area contributed by atoms with Crippen LogP contribution in [0, 0.1) is 0 Å². The van der Waals surface area contributed by atoms with Gasteiger partial charge in [0.25, 0.3) is 5.91 Å². The maximum absolute atomic E-state index is 12.2. The number of fused-ring (bicyclic) bond motifs is 1. The van der Waals surface area contributed by atoms with Gasteiger partial charge >= 0.3 is 0 Å². The Morgan fingerprint density at radius 3 is 3.04 bits per heavy atom. The molecule has 2 aromatic heterocycles. The van der Waals surface area contributed by atoms with Crippen LogP contribution in [0.1, 0.15) is 23.0 Å². The number of hydrogen-bond donors (Lipinski definition) is 2. The number of ether oxygens (including phenoxy) is 1. The summed E-state index contributed by atoms with van der Waals surface area (Å²) < 4.78 is 11.4. The first-order valence-electron chi connectivity index (χ1n) is 7.92. The Balaban J connectivity index is 1.67. The van der Waals surface area contributed by atoms with Crippen molar-refractivity contribution < 1.29 is 13.9 Å². The number of anilines is 1. The molecule has 1 aromatic carbocycles. The van der Waals surface area contributed by atoms with Gasteiger partial charge in [0.1, 0.15) is 29.5 Å². The summed E-state index contributed by atoms with van der Waals surface area (Å²) in [6, 6.07) is 10.8. The molecule has 6 heteroatoms. The van der Waals surface area contributed by atoms with E-state index in [1.165, 1.54) is 0 Å². The Morgan fingerprint density at radius 2 is 2.24 bits per heavy atom. The molecule has 0 saturated heterocycles. The second kappa shape index (κ2) is 7.53. The molecule has 0 aliphatic carbocycles. The van der Waals surface area contributed by atoms with Gasteiger partial charge in [-0.2, -0.15) is 0 Å². The number of nitrogens with two attached hydrogens (primary N) is 1. The molecule has 2 heterocycles. The highest BCUT2D eigenvalue weighted by atomic mass is 16.5. The summed E-state index contributed by atoms with van der Waals surface area (Å²) in [4.78, 5) is 16.1. The number of carbonyl (C=O) groups excluding carboxylic acids is 1. The molecule has 3 rings (SSSR count). The van der Waals surface area contributed by atoms with Crippen LogP contribution in [0.25, 0.3) is 11.0 Å². The van der Waals surface area contributed by atoms with Crippen LogP contribution in [0.4, 0.5) is 5.82 Å². The van der Waals surface area contributed by atoms with Crippen molar-refractivity contribution in [1.29, 1.82) is 0 Å². The lowest BCUT2D eigenvalue weighted by atomic mass is 10.2. The molecule has 0 aliphatic rings. The fourth-order valence-electron chi connectivity index (χ4n) is 2.36. The van der Waals surface area contributed by atoms with Gasteiger partial charge in [-0.1, -0.05) is 12.2 Å². The van der Waals surface area contributed by atoms with E-state index in [0.717, 1.165) is 11.1 Å². The lowest BCUT2D eigenvalue weighted by molar-refractivity contribution is 0.0949. The minimum absolute atomic E-state index is 0.201. The number of amides is 1. The summed E-state index contributed by atoms with van der Waals surface area (Å²) in [5.74, 6) is 1.30. The summed E-state index contributed by atoms with van der Waals surface area (Å²) in [6.45, 7) is 2.72. The molecule has 0 aliphatic heterocycles. The number of benzene rings is 1. The molecule has 0 radical (unpaired) electrons. The Labute approximate surface area is 145 Å². The normalized spacial score (nSPS) is 11.1. The summed E-state index contributed by atoms with van der Waals surface area (Å²) in [7, 11) is 0. The number of carbonyl (C=O) groups is 1. The summed E-state index contributed by atoms with van der Waals surface area (Å²) >= 11 is 0. The molecule has 0 atom stereocenters. The molecule has 128 valence electrons. The average molecular weight is 337 g/mol. The molecule has 3 N–H and O–H groups in total. The number of nitrogens with zero attached hydrogens (tertiary/aromatic N) is 1. The monoisotopic (exact) mass is 337 g/mol. The van der Waals surface area contributed by atoms with E-state index in [1.807, 2.05) is 43.3 Å². The number of hydrogen-bond acceptors (Lipinski definition) is 5. The first-order chi connectivity index (χ1) is 12.2. The molecular formula is C19H19N3O3.